The van der Waals surface area contributed by atoms with Crippen molar-refractivity contribution in [2.24, 2.45) is 5.92 Å². The SMILES string of the molecule is CN(C)c1ccc(Cn2nccc2NC(=O)C2CCCC2O)cc1. The molecule has 0 spiro atoms. The van der Waals surface area contributed by atoms with E-state index in [2.05, 4.69) is 39.6 Å². The third-order valence-electron chi connectivity index (χ3n) is 4.57. The fourth-order valence-electron chi connectivity index (χ4n) is 3.10. The minimum absolute atomic E-state index is 0.121. The summed E-state index contributed by atoms with van der Waals surface area (Å²) in [7, 11) is 4.02. The first-order valence-corrected chi connectivity index (χ1v) is 8.31. The molecule has 0 bridgehead atoms. The molecule has 0 saturated heterocycles. The zero-order chi connectivity index (χ0) is 17.1. The number of amides is 1. The minimum atomic E-state index is -0.528. The Hall–Kier alpha value is -2.34. The van der Waals surface area contributed by atoms with Gasteiger partial charge in [-0.1, -0.05) is 12.1 Å². The van der Waals surface area contributed by atoms with Crippen molar-refractivity contribution in [1.82, 2.24) is 9.78 Å². The van der Waals surface area contributed by atoms with Crippen molar-refractivity contribution in [3.8, 4) is 0 Å². The number of anilines is 2. The molecule has 1 amide bonds. The Kier molecular flexibility index (Phi) is 4.85. The van der Waals surface area contributed by atoms with Gasteiger partial charge in [0.1, 0.15) is 5.82 Å². The van der Waals surface area contributed by atoms with Gasteiger partial charge in [-0.15, -0.1) is 0 Å². The smallest absolute Gasteiger partial charge is 0.231 e. The van der Waals surface area contributed by atoms with Gasteiger partial charge in [0.05, 0.1) is 24.8 Å². The van der Waals surface area contributed by atoms with Crippen LogP contribution in [0.15, 0.2) is 36.5 Å². The summed E-state index contributed by atoms with van der Waals surface area (Å²) in [4.78, 5) is 14.4. The number of nitrogens with zero attached hydrogens (tertiary/aromatic N) is 3. The second-order valence-electron chi connectivity index (χ2n) is 6.53. The second-order valence-corrected chi connectivity index (χ2v) is 6.53. The van der Waals surface area contributed by atoms with Gasteiger partial charge in [0.15, 0.2) is 0 Å². The Labute approximate surface area is 142 Å². The number of hydrogen-bond donors (Lipinski definition) is 2. The number of aliphatic hydroxyl groups is 1. The largest absolute Gasteiger partial charge is 0.392 e. The van der Waals surface area contributed by atoms with E-state index in [-0.39, 0.29) is 11.8 Å². The molecule has 2 unspecified atom stereocenters. The average molecular weight is 328 g/mol. The molecule has 2 atom stereocenters. The number of aliphatic hydroxyl groups excluding tert-OH is 1. The molecule has 1 heterocycles. The Morgan fingerprint density at radius 2 is 2.04 bits per heavy atom. The molecule has 3 rings (SSSR count). The first-order valence-electron chi connectivity index (χ1n) is 8.31. The van der Waals surface area contributed by atoms with Crippen LogP contribution < -0.4 is 10.2 Å². The van der Waals surface area contributed by atoms with E-state index in [1.165, 1.54) is 0 Å². The average Bonchev–Trinajstić information content (AvgIpc) is 3.17. The molecule has 2 N–H and O–H groups in total. The standard InChI is InChI=1S/C18H24N4O2/c1-21(2)14-8-6-13(7-9-14)12-22-17(10-11-19-22)20-18(24)15-4-3-5-16(15)23/h6-11,15-16,23H,3-5,12H2,1-2H3,(H,20,24). The van der Waals surface area contributed by atoms with Gasteiger partial charge in [-0.2, -0.15) is 5.10 Å². The number of carbonyl (C=O) groups excluding carboxylic acids is 1. The van der Waals surface area contributed by atoms with Crippen LogP contribution in [-0.2, 0) is 11.3 Å². The van der Waals surface area contributed by atoms with Crippen LogP contribution in [0.4, 0.5) is 11.5 Å². The summed E-state index contributed by atoms with van der Waals surface area (Å²) in [5.41, 5.74) is 2.25. The van der Waals surface area contributed by atoms with Crippen LogP contribution in [0, 0.1) is 5.92 Å². The maximum absolute atomic E-state index is 12.3. The van der Waals surface area contributed by atoms with E-state index >= 15 is 0 Å². The van der Waals surface area contributed by atoms with Crippen LogP contribution >= 0.6 is 0 Å². The van der Waals surface area contributed by atoms with E-state index < -0.39 is 6.10 Å². The van der Waals surface area contributed by atoms with E-state index in [1.807, 2.05) is 14.1 Å². The number of benzene rings is 1. The summed E-state index contributed by atoms with van der Waals surface area (Å²) < 4.78 is 1.77. The fourth-order valence-corrected chi connectivity index (χ4v) is 3.10. The molecule has 0 radical (unpaired) electrons. The highest BCUT2D eigenvalue weighted by atomic mass is 16.3. The van der Waals surface area contributed by atoms with Crippen LogP contribution in [0.5, 0.6) is 0 Å². The van der Waals surface area contributed by atoms with E-state index in [0.717, 1.165) is 24.1 Å². The quantitative estimate of drug-likeness (QED) is 0.882. The predicted molar refractivity (Wildman–Crippen MR) is 94.1 cm³/mol. The lowest BCUT2D eigenvalue weighted by molar-refractivity contribution is -0.122. The lowest BCUT2D eigenvalue weighted by atomic mass is 10.1. The van der Waals surface area contributed by atoms with Gasteiger partial charge >= 0.3 is 0 Å². The second kappa shape index (κ2) is 7.05. The topological polar surface area (TPSA) is 70.4 Å². The van der Waals surface area contributed by atoms with Crippen LogP contribution in [0.3, 0.4) is 0 Å². The molecule has 24 heavy (non-hydrogen) atoms. The zero-order valence-corrected chi connectivity index (χ0v) is 14.1. The molecule has 1 aromatic carbocycles. The third-order valence-corrected chi connectivity index (χ3v) is 4.57. The molecule has 128 valence electrons. The third kappa shape index (κ3) is 3.59. The van der Waals surface area contributed by atoms with Crippen molar-refractivity contribution in [3.63, 3.8) is 0 Å². The normalized spacial score (nSPS) is 20.1. The van der Waals surface area contributed by atoms with Crippen LogP contribution in [-0.4, -0.2) is 41.0 Å². The van der Waals surface area contributed by atoms with E-state index in [1.54, 1.807) is 16.9 Å². The molecule has 2 aromatic rings. The first kappa shape index (κ1) is 16.5. The fraction of sp³-hybridized carbons (Fsp3) is 0.444. The summed E-state index contributed by atoms with van der Waals surface area (Å²) in [6.45, 7) is 0.587. The van der Waals surface area contributed by atoms with Gasteiger partial charge in [-0.3, -0.25) is 4.79 Å². The monoisotopic (exact) mass is 328 g/mol. The number of carbonyl (C=O) groups is 1. The summed E-state index contributed by atoms with van der Waals surface area (Å²) in [5.74, 6) is 0.230. The van der Waals surface area contributed by atoms with Crippen molar-refractivity contribution < 1.29 is 9.90 Å². The molecule has 0 aliphatic heterocycles. The maximum Gasteiger partial charge on any atom is 0.231 e. The van der Waals surface area contributed by atoms with Gasteiger partial charge in [0.2, 0.25) is 5.91 Å². The maximum atomic E-state index is 12.3. The van der Waals surface area contributed by atoms with E-state index in [4.69, 9.17) is 0 Å². The predicted octanol–water partition coefficient (Wildman–Crippen LogP) is 2.10. The summed E-state index contributed by atoms with van der Waals surface area (Å²) >= 11 is 0. The molecule has 1 aliphatic rings. The van der Waals surface area contributed by atoms with Crippen molar-refractivity contribution in [2.75, 3.05) is 24.3 Å². The van der Waals surface area contributed by atoms with Crippen molar-refractivity contribution in [3.05, 3.63) is 42.1 Å². The Morgan fingerprint density at radius 1 is 1.29 bits per heavy atom. The molecule has 1 aliphatic carbocycles. The first-order chi connectivity index (χ1) is 11.5. The number of nitrogens with one attached hydrogen (secondary N) is 1. The molecule has 1 fully saturated rings. The molecular weight excluding hydrogens is 304 g/mol. The van der Waals surface area contributed by atoms with Crippen LogP contribution in [0.1, 0.15) is 24.8 Å². The van der Waals surface area contributed by atoms with Crippen molar-refractivity contribution in [2.45, 2.75) is 31.9 Å². The van der Waals surface area contributed by atoms with Gasteiger partial charge in [-0.05, 0) is 37.0 Å². The Morgan fingerprint density at radius 3 is 2.67 bits per heavy atom. The van der Waals surface area contributed by atoms with Crippen LogP contribution in [0.2, 0.25) is 0 Å². The lowest BCUT2D eigenvalue weighted by Crippen LogP contribution is -2.29. The lowest BCUT2D eigenvalue weighted by Gasteiger charge is -2.16. The number of hydrogen-bond acceptors (Lipinski definition) is 4. The number of aromatic nitrogens is 2. The number of rotatable bonds is 5. The molecule has 1 saturated carbocycles. The highest BCUT2D eigenvalue weighted by molar-refractivity contribution is 5.92. The van der Waals surface area contributed by atoms with Gasteiger partial charge < -0.3 is 15.3 Å². The van der Waals surface area contributed by atoms with Gasteiger partial charge in [0.25, 0.3) is 0 Å². The molecule has 6 nitrogen and oxygen atoms in total. The highest BCUT2D eigenvalue weighted by Crippen LogP contribution is 2.26. The minimum Gasteiger partial charge on any atom is -0.392 e. The van der Waals surface area contributed by atoms with Gasteiger partial charge in [0, 0.05) is 25.8 Å². The molecule has 1 aromatic heterocycles. The Balaban J connectivity index is 1.67. The molecular formula is C18H24N4O2. The van der Waals surface area contributed by atoms with Crippen molar-refractivity contribution in [1.29, 1.82) is 0 Å². The van der Waals surface area contributed by atoms with Crippen molar-refractivity contribution >= 4 is 17.4 Å². The van der Waals surface area contributed by atoms with Crippen LogP contribution in [0.25, 0.3) is 0 Å². The van der Waals surface area contributed by atoms with E-state index in [9.17, 15) is 9.90 Å². The highest BCUT2D eigenvalue weighted by Gasteiger charge is 2.31. The summed E-state index contributed by atoms with van der Waals surface area (Å²) in [6, 6.07) is 10.0. The summed E-state index contributed by atoms with van der Waals surface area (Å²) in [6.07, 6.45) is 3.49. The summed E-state index contributed by atoms with van der Waals surface area (Å²) in [5, 5.41) is 17.1. The van der Waals surface area contributed by atoms with E-state index in [0.29, 0.717) is 18.8 Å². The molecule has 6 heteroatoms. The Bertz CT molecular complexity index is 693. The zero-order valence-electron chi connectivity index (χ0n) is 14.1. The van der Waals surface area contributed by atoms with Gasteiger partial charge in [-0.25, -0.2) is 4.68 Å².